The number of nitrogens with zero attached hydrogens (tertiary/aromatic N) is 2. The minimum atomic E-state index is -3.51. The minimum absolute atomic E-state index is 0.0214. The molecule has 0 unspecified atom stereocenters. The molecule has 2 rings (SSSR count). The first kappa shape index (κ1) is 13.1. The molecule has 5 nitrogen and oxygen atoms in total. The summed E-state index contributed by atoms with van der Waals surface area (Å²) >= 11 is 1.07. The quantitative estimate of drug-likeness (QED) is 0.899. The molecule has 2 aromatic rings. The summed E-state index contributed by atoms with van der Waals surface area (Å²) < 4.78 is 26.2. The fourth-order valence-electron chi connectivity index (χ4n) is 1.42. The van der Waals surface area contributed by atoms with Gasteiger partial charge in [0.2, 0.25) is 4.34 Å². The summed E-state index contributed by atoms with van der Waals surface area (Å²) in [7, 11) is -3.51. The molecule has 0 atom stereocenters. The highest BCUT2D eigenvalue weighted by molar-refractivity contribution is 7.91. The van der Waals surface area contributed by atoms with Crippen molar-refractivity contribution < 1.29 is 8.42 Å². The van der Waals surface area contributed by atoms with Crippen molar-refractivity contribution in [2.75, 3.05) is 6.54 Å². The van der Waals surface area contributed by atoms with E-state index >= 15 is 0 Å². The monoisotopic (exact) mass is 283 g/mol. The number of rotatable bonds is 5. The van der Waals surface area contributed by atoms with Crippen LogP contribution in [0.1, 0.15) is 10.6 Å². The van der Waals surface area contributed by atoms with Gasteiger partial charge in [-0.1, -0.05) is 41.7 Å². The molecule has 1 aromatic heterocycles. The van der Waals surface area contributed by atoms with Crippen molar-refractivity contribution >= 4 is 21.4 Å². The molecular formula is C11H13N3O2S2. The summed E-state index contributed by atoms with van der Waals surface area (Å²) in [5.41, 5.74) is 1.09. The van der Waals surface area contributed by atoms with Crippen molar-refractivity contribution in [1.29, 1.82) is 0 Å². The number of nitrogens with one attached hydrogen (secondary N) is 1. The van der Waals surface area contributed by atoms with Crippen LogP contribution >= 0.6 is 11.3 Å². The van der Waals surface area contributed by atoms with E-state index in [0.717, 1.165) is 16.9 Å². The molecule has 0 radical (unpaired) electrons. The van der Waals surface area contributed by atoms with Crippen molar-refractivity contribution in [2.24, 2.45) is 0 Å². The molecule has 1 aromatic carbocycles. The van der Waals surface area contributed by atoms with Crippen molar-refractivity contribution in [1.82, 2.24) is 14.9 Å². The van der Waals surface area contributed by atoms with Crippen LogP contribution in [0.3, 0.4) is 0 Å². The third kappa shape index (κ3) is 3.34. The molecule has 0 aliphatic heterocycles. The molecule has 96 valence electrons. The second-order valence-electron chi connectivity index (χ2n) is 3.72. The highest BCUT2D eigenvalue weighted by Crippen LogP contribution is 2.13. The highest BCUT2D eigenvalue weighted by atomic mass is 32.2. The van der Waals surface area contributed by atoms with E-state index in [-0.39, 0.29) is 4.34 Å². The first-order valence-corrected chi connectivity index (χ1v) is 7.71. The van der Waals surface area contributed by atoms with Crippen LogP contribution in [-0.2, 0) is 16.4 Å². The summed E-state index contributed by atoms with van der Waals surface area (Å²) in [6.07, 6.45) is 0.651. The highest BCUT2D eigenvalue weighted by Gasteiger charge is 2.18. The van der Waals surface area contributed by atoms with Gasteiger partial charge in [0.1, 0.15) is 5.01 Å². The van der Waals surface area contributed by atoms with Crippen LogP contribution in [0, 0.1) is 6.92 Å². The fraction of sp³-hybridized carbons (Fsp3) is 0.273. The van der Waals surface area contributed by atoms with Gasteiger partial charge in [0.05, 0.1) is 0 Å². The average molecular weight is 283 g/mol. The Morgan fingerprint density at radius 2 is 1.94 bits per heavy atom. The van der Waals surface area contributed by atoms with Gasteiger partial charge in [-0.2, -0.15) is 0 Å². The smallest absolute Gasteiger partial charge is 0.209 e. The normalized spacial score (nSPS) is 11.6. The average Bonchev–Trinajstić information content (AvgIpc) is 2.78. The second-order valence-corrected chi connectivity index (χ2v) is 6.84. The van der Waals surface area contributed by atoms with Gasteiger partial charge in [-0.05, 0) is 18.9 Å². The van der Waals surface area contributed by atoms with Gasteiger partial charge in [0, 0.05) is 6.54 Å². The van der Waals surface area contributed by atoms with Crippen LogP contribution in [0.4, 0.5) is 0 Å². The maximum absolute atomic E-state index is 11.8. The Bertz CT molecular complexity index is 608. The molecule has 0 amide bonds. The van der Waals surface area contributed by atoms with Crippen LogP contribution in [-0.4, -0.2) is 25.2 Å². The van der Waals surface area contributed by atoms with Gasteiger partial charge >= 0.3 is 0 Å². The molecule has 0 saturated heterocycles. The first-order chi connectivity index (χ1) is 8.58. The second kappa shape index (κ2) is 5.55. The summed E-state index contributed by atoms with van der Waals surface area (Å²) in [6, 6.07) is 9.71. The Hall–Kier alpha value is -1.31. The van der Waals surface area contributed by atoms with Crippen LogP contribution in [0.5, 0.6) is 0 Å². The summed E-state index contributed by atoms with van der Waals surface area (Å²) in [5, 5.41) is 7.97. The molecule has 0 aliphatic rings. The molecule has 1 heterocycles. The van der Waals surface area contributed by atoms with Crippen molar-refractivity contribution in [3.8, 4) is 0 Å². The Kier molecular flexibility index (Phi) is 4.05. The molecule has 0 aliphatic carbocycles. The van der Waals surface area contributed by atoms with Gasteiger partial charge in [-0.15, -0.1) is 10.2 Å². The summed E-state index contributed by atoms with van der Waals surface area (Å²) in [6.45, 7) is 2.08. The fourth-order valence-corrected chi connectivity index (χ4v) is 3.46. The maximum atomic E-state index is 11.8. The van der Waals surface area contributed by atoms with Crippen LogP contribution in [0.15, 0.2) is 34.7 Å². The summed E-state index contributed by atoms with van der Waals surface area (Å²) in [5.74, 6) is 0. The van der Waals surface area contributed by atoms with Crippen LogP contribution in [0.25, 0.3) is 0 Å². The van der Waals surface area contributed by atoms with Crippen molar-refractivity contribution in [3.05, 3.63) is 40.9 Å². The molecular weight excluding hydrogens is 270 g/mol. The lowest BCUT2D eigenvalue weighted by atomic mass is 10.2. The molecule has 0 saturated carbocycles. The molecule has 0 bridgehead atoms. The van der Waals surface area contributed by atoms with Gasteiger partial charge < -0.3 is 0 Å². The molecule has 0 fully saturated rings. The number of aromatic nitrogens is 2. The predicted molar refractivity (Wildman–Crippen MR) is 70.0 cm³/mol. The van der Waals surface area contributed by atoms with Gasteiger partial charge in [0.15, 0.2) is 0 Å². The zero-order valence-electron chi connectivity index (χ0n) is 9.83. The Labute approximate surface area is 110 Å². The Morgan fingerprint density at radius 3 is 2.56 bits per heavy atom. The number of hydrogen-bond acceptors (Lipinski definition) is 5. The van der Waals surface area contributed by atoms with E-state index in [4.69, 9.17) is 0 Å². The topological polar surface area (TPSA) is 72.0 Å². The standard InChI is InChI=1S/C11H13N3O2S2/c1-9-13-14-11(17-9)18(15,16)12-8-7-10-5-3-2-4-6-10/h2-6,12H,7-8H2,1H3. The lowest BCUT2D eigenvalue weighted by Gasteiger charge is -2.03. The van der Waals surface area contributed by atoms with E-state index < -0.39 is 10.0 Å². The van der Waals surface area contributed by atoms with E-state index in [2.05, 4.69) is 14.9 Å². The summed E-state index contributed by atoms with van der Waals surface area (Å²) in [4.78, 5) is 0. The molecule has 0 spiro atoms. The number of hydrogen-bond donors (Lipinski definition) is 1. The lowest BCUT2D eigenvalue weighted by Crippen LogP contribution is -2.25. The molecule has 18 heavy (non-hydrogen) atoms. The Morgan fingerprint density at radius 1 is 1.22 bits per heavy atom. The maximum Gasteiger partial charge on any atom is 0.269 e. The number of sulfonamides is 1. The van der Waals surface area contributed by atoms with Gasteiger partial charge in [-0.25, -0.2) is 13.1 Å². The minimum Gasteiger partial charge on any atom is -0.209 e. The first-order valence-electron chi connectivity index (χ1n) is 5.41. The zero-order chi connectivity index (χ0) is 13.0. The van der Waals surface area contributed by atoms with E-state index in [9.17, 15) is 8.42 Å². The van der Waals surface area contributed by atoms with E-state index in [1.54, 1.807) is 6.92 Å². The van der Waals surface area contributed by atoms with Crippen LogP contribution in [0.2, 0.25) is 0 Å². The predicted octanol–water partition coefficient (Wildman–Crippen LogP) is 1.37. The van der Waals surface area contributed by atoms with Crippen molar-refractivity contribution in [3.63, 3.8) is 0 Å². The lowest BCUT2D eigenvalue weighted by molar-refractivity contribution is 0.579. The Balaban J connectivity index is 1.94. The number of aryl methyl sites for hydroxylation is 1. The van der Waals surface area contributed by atoms with Crippen LogP contribution < -0.4 is 4.72 Å². The van der Waals surface area contributed by atoms with Gasteiger partial charge in [0.25, 0.3) is 10.0 Å². The van der Waals surface area contributed by atoms with E-state index in [1.165, 1.54) is 0 Å². The number of benzene rings is 1. The van der Waals surface area contributed by atoms with E-state index in [0.29, 0.717) is 18.0 Å². The van der Waals surface area contributed by atoms with Gasteiger partial charge in [-0.3, -0.25) is 0 Å². The molecule has 1 N–H and O–H groups in total. The van der Waals surface area contributed by atoms with Crippen molar-refractivity contribution in [2.45, 2.75) is 17.7 Å². The zero-order valence-corrected chi connectivity index (χ0v) is 11.5. The SMILES string of the molecule is Cc1nnc(S(=O)(=O)NCCc2ccccc2)s1. The third-order valence-corrected chi connectivity index (χ3v) is 4.95. The largest absolute Gasteiger partial charge is 0.269 e. The third-order valence-electron chi connectivity index (χ3n) is 2.29. The molecule has 7 heteroatoms. The van der Waals surface area contributed by atoms with E-state index in [1.807, 2.05) is 30.3 Å².